The number of carbonyl (C=O) groups is 2. The molecule has 0 aliphatic heterocycles. The molecule has 0 heterocycles. The number of hydrogen-bond acceptors (Lipinski definition) is 8. The molecule has 0 spiro atoms. The molecule has 0 rings (SSSR count). The molecule has 0 bridgehead atoms. The van der Waals surface area contributed by atoms with Gasteiger partial charge in [0.2, 0.25) is 5.91 Å². The Morgan fingerprint density at radius 1 is 1.15 bits per heavy atom. The molecule has 20 heavy (non-hydrogen) atoms. The Morgan fingerprint density at radius 2 is 1.70 bits per heavy atom. The number of primary amides is 1. The van der Waals surface area contributed by atoms with Gasteiger partial charge >= 0.3 is 5.97 Å². The first-order chi connectivity index (χ1) is 9.20. The van der Waals surface area contributed by atoms with Crippen LogP contribution in [0, 0.1) is 0 Å². The normalized spacial score (nSPS) is 19.2. The smallest absolute Gasteiger partial charge is 0.328 e. The highest BCUT2D eigenvalue weighted by Gasteiger charge is 2.29. The molecule has 10 heteroatoms. The summed E-state index contributed by atoms with van der Waals surface area (Å²) >= 11 is 0. The third kappa shape index (κ3) is 6.04. The summed E-state index contributed by atoms with van der Waals surface area (Å²) in [6.07, 6.45) is -7.24. The molecule has 116 valence electrons. The van der Waals surface area contributed by atoms with Gasteiger partial charge in [-0.1, -0.05) is 0 Å². The second kappa shape index (κ2) is 8.55. The van der Waals surface area contributed by atoms with Crippen LogP contribution in [0.1, 0.15) is 6.42 Å². The summed E-state index contributed by atoms with van der Waals surface area (Å²) in [6.45, 7) is -0.846. The van der Waals surface area contributed by atoms with Crippen molar-refractivity contribution in [2.75, 3.05) is 6.61 Å². The van der Waals surface area contributed by atoms with Crippen molar-refractivity contribution < 1.29 is 40.2 Å². The van der Waals surface area contributed by atoms with E-state index in [1.54, 1.807) is 0 Å². The summed E-state index contributed by atoms with van der Waals surface area (Å²) in [4.78, 5) is 24.7. The van der Waals surface area contributed by atoms with E-state index in [1.165, 1.54) is 0 Å². The third-order valence-electron chi connectivity index (χ3n) is 2.38. The van der Waals surface area contributed by atoms with E-state index in [4.69, 9.17) is 21.1 Å². The summed E-state index contributed by atoms with van der Waals surface area (Å²) < 4.78 is 0. The summed E-state index contributed by atoms with van der Waals surface area (Å²) in [7, 11) is 0. The van der Waals surface area contributed by atoms with E-state index in [9.17, 15) is 24.9 Å². The van der Waals surface area contributed by atoms with E-state index in [0.29, 0.717) is 6.21 Å². The van der Waals surface area contributed by atoms with Crippen molar-refractivity contribution in [3.8, 4) is 0 Å². The van der Waals surface area contributed by atoms with E-state index in [2.05, 4.69) is 4.99 Å². The number of rotatable bonds is 9. The number of nitrogens with two attached hydrogens (primary N) is 1. The van der Waals surface area contributed by atoms with Gasteiger partial charge in [0.25, 0.3) is 0 Å². The van der Waals surface area contributed by atoms with E-state index < -0.39 is 55.4 Å². The second-order valence-electron chi connectivity index (χ2n) is 4.04. The third-order valence-corrected chi connectivity index (χ3v) is 2.38. The number of nitrogens with zero attached hydrogens (tertiary/aromatic N) is 1. The molecule has 0 aliphatic rings. The van der Waals surface area contributed by atoms with Gasteiger partial charge in [0.1, 0.15) is 24.4 Å². The number of amides is 1. The number of carboxylic acid groups (broad SMARTS) is 1. The number of hydrogen-bond donors (Lipinski definition) is 7. The minimum Gasteiger partial charge on any atom is -0.480 e. The van der Waals surface area contributed by atoms with Crippen LogP contribution < -0.4 is 5.73 Å². The van der Waals surface area contributed by atoms with Crippen LogP contribution in [0.3, 0.4) is 0 Å². The summed E-state index contributed by atoms with van der Waals surface area (Å²) in [5.41, 5.74) is 4.81. The fourth-order valence-corrected chi connectivity index (χ4v) is 1.21. The average Bonchev–Trinajstić information content (AvgIpc) is 2.39. The molecule has 5 atom stereocenters. The number of aliphatic imine (C=N–C) groups is 1. The number of aliphatic hydroxyl groups is 5. The molecule has 10 nitrogen and oxygen atoms in total. The van der Waals surface area contributed by atoms with Crippen LogP contribution in [0.4, 0.5) is 0 Å². The van der Waals surface area contributed by atoms with E-state index in [-0.39, 0.29) is 0 Å². The van der Waals surface area contributed by atoms with Gasteiger partial charge in [0.05, 0.1) is 13.0 Å². The Bertz CT molecular complexity index is 361. The lowest BCUT2D eigenvalue weighted by Crippen LogP contribution is -2.46. The SMILES string of the molecule is NC(=O)CC(N=C[C@H](O)C(O)C(O)C(O)CO)C(=O)O. The van der Waals surface area contributed by atoms with E-state index in [1.807, 2.05) is 0 Å². The molecule has 0 aromatic carbocycles. The Balaban J connectivity index is 4.69. The van der Waals surface area contributed by atoms with Crippen LogP contribution in [-0.4, -0.2) is 85.8 Å². The number of carbonyl (C=O) groups excluding carboxylic acids is 1. The van der Waals surface area contributed by atoms with Gasteiger partial charge in [0.15, 0.2) is 6.04 Å². The molecular formula is C10H18N2O8. The molecule has 0 aromatic rings. The zero-order valence-corrected chi connectivity index (χ0v) is 10.4. The molecule has 4 unspecified atom stereocenters. The highest BCUT2D eigenvalue weighted by atomic mass is 16.4. The average molecular weight is 294 g/mol. The van der Waals surface area contributed by atoms with Crippen molar-refractivity contribution in [3.05, 3.63) is 0 Å². The molecule has 0 saturated heterocycles. The fourth-order valence-electron chi connectivity index (χ4n) is 1.21. The second-order valence-corrected chi connectivity index (χ2v) is 4.04. The Labute approximate surface area is 113 Å². The van der Waals surface area contributed by atoms with Crippen LogP contribution in [0.5, 0.6) is 0 Å². The molecule has 0 radical (unpaired) electrons. The first kappa shape index (κ1) is 18.4. The first-order valence-electron chi connectivity index (χ1n) is 5.58. The van der Waals surface area contributed by atoms with Gasteiger partial charge < -0.3 is 36.4 Å². The van der Waals surface area contributed by atoms with Crippen LogP contribution in [0.25, 0.3) is 0 Å². The maximum absolute atomic E-state index is 10.7. The molecule has 8 N–H and O–H groups in total. The number of aliphatic hydroxyl groups excluding tert-OH is 5. The zero-order valence-electron chi connectivity index (χ0n) is 10.4. The van der Waals surface area contributed by atoms with Crippen molar-refractivity contribution in [1.82, 2.24) is 0 Å². The minimum absolute atomic E-state index is 0.601. The molecule has 1 amide bonds. The van der Waals surface area contributed by atoms with Crippen molar-refractivity contribution in [2.24, 2.45) is 10.7 Å². The molecule has 0 aliphatic carbocycles. The Kier molecular flexibility index (Phi) is 7.87. The summed E-state index contributed by atoms with van der Waals surface area (Å²) in [5.74, 6) is -2.38. The van der Waals surface area contributed by atoms with Gasteiger partial charge in [-0.2, -0.15) is 0 Å². The molecule has 0 saturated carbocycles. The first-order valence-corrected chi connectivity index (χ1v) is 5.58. The fraction of sp³-hybridized carbons (Fsp3) is 0.700. The van der Waals surface area contributed by atoms with Gasteiger partial charge in [-0.25, -0.2) is 4.79 Å². The molecule has 0 fully saturated rings. The predicted octanol–water partition coefficient (Wildman–Crippen LogP) is -4.18. The minimum atomic E-state index is -1.90. The molecular weight excluding hydrogens is 276 g/mol. The van der Waals surface area contributed by atoms with Gasteiger partial charge in [0, 0.05) is 6.21 Å². The maximum atomic E-state index is 10.7. The van der Waals surface area contributed by atoms with Gasteiger partial charge in [-0.15, -0.1) is 0 Å². The summed E-state index contributed by atoms with van der Waals surface area (Å²) in [6, 6.07) is -1.53. The molecule has 0 aromatic heterocycles. The topological polar surface area (TPSA) is 194 Å². The lowest BCUT2D eigenvalue weighted by molar-refractivity contribution is -0.140. The quantitative estimate of drug-likeness (QED) is 0.208. The van der Waals surface area contributed by atoms with Gasteiger partial charge in [-0.3, -0.25) is 9.79 Å². The van der Waals surface area contributed by atoms with Crippen LogP contribution in [-0.2, 0) is 9.59 Å². The lowest BCUT2D eigenvalue weighted by Gasteiger charge is -2.23. The highest BCUT2D eigenvalue weighted by molar-refractivity contribution is 5.84. The number of carboxylic acids is 1. The Hall–Kier alpha value is -1.59. The van der Waals surface area contributed by atoms with Crippen molar-refractivity contribution in [2.45, 2.75) is 36.9 Å². The summed E-state index contributed by atoms with van der Waals surface area (Å²) in [5, 5.41) is 54.5. The monoisotopic (exact) mass is 294 g/mol. The van der Waals surface area contributed by atoms with Crippen LogP contribution >= 0.6 is 0 Å². The zero-order chi connectivity index (χ0) is 15.9. The van der Waals surface area contributed by atoms with Gasteiger partial charge in [-0.05, 0) is 0 Å². The van der Waals surface area contributed by atoms with Crippen molar-refractivity contribution >= 4 is 18.1 Å². The van der Waals surface area contributed by atoms with Crippen molar-refractivity contribution in [1.29, 1.82) is 0 Å². The highest BCUT2D eigenvalue weighted by Crippen LogP contribution is 2.05. The largest absolute Gasteiger partial charge is 0.480 e. The maximum Gasteiger partial charge on any atom is 0.328 e. The van der Waals surface area contributed by atoms with Crippen LogP contribution in [0.2, 0.25) is 0 Å². The Morgan fingerprint density at radius 3 is 2.10 bits per heavy atom. The van der Waals surface area contributed by atoms with Crippen LogP contribution in [0.15, 0.2) is 4.99 Å². The lowest BCUT2D eigenvalue weighted by atomic mass is 10.0. The predicted molar refractivity (Wildman–Crippen MR) is 64.8 cm³/mol. The number of aliphatic carboxylic acids is 1. The van der Waals surface area contributed by atoms with E-state index >= 15 is 0 Å². The standard InChI is InChI=1S/C10H18N2O8/c11-7(16)1-4(10(19)20)12-2-5(14)8(17)9(18)6(15)3-13/h2,4-6,8-9,13-15,17-18H,1,3H2,(H2,11,16)(H,19,20)/t4?,5-,6?,8?,9?/m0/s1. The van der Waals surface area contributed by atoms with Crippen molar-refractivity contribution in [3.63, 3.8) is 0 Å². The van der Waals surface area contributed by atoms with E-state index in [0.717, 1.165) is 0 Å².